The van der Waals surface area contributed by atoms with Gasteiger partial charge in [0.05, 0.1) is 0 Å². The minimum Gasteiger partial charge on any atom is -0.484 e. The van der Waals surface area contributed by atoms with Crippen LogP contribution in [0.2, 0.25) is 0 Å². The Hall–Kier alpha value is -2.83. The molecule has 3 rings (SSSR count). The van der Waals surface area contributed by atoms with Gasteiger partial charge in [0.1, 0.15) is 11.3 Å². The van der Waals surface area contributed by atoms with Crippen LogP contribution in [0.15, 0.2) is 33.5 Å². The third kappa shape index (κ3) is 5.34. The molecule has 150 valence electrons. The zero-order chi connectivity index (χ0) is 19.9. The van der Waals surface area contributed by atoms with Crippen molar-refractivity contribution in [2.45, 2.75) is 57.9 Å². The number of benzene rings is 1. The van der Waals surface area contributed by atoms with E-state index in [9.17, 15) is 14.4 Å². The molecule has 0 bridgehead atoms. The van der Waals surface area contributed by atoms with Crippen molar-refractivity contribution in [1.29, 1.82) is 0 Å². The minimum absolute atomic E-state index is 0.128. The normalized spacial score (nSPS) is 14.6. The van der Waals surface area contributed by atoms with Crippen molar-refractivity contribution in [1.82, 2.24) is 10.6 Å². The van der Waals surface area contributed by atoms with Gasteiger partial charge in [0, 0.05) is 23.6 Å². The molecule has 0 spiro atoms. The largest absolute Gasteiger partial charge is 0.484 e. The summed E-state index contributed by atoms with van der Waals surface area (Å²) in [6.07, 6.45) is 6.97. The summed E-state index contributed by atoms with van der Waals surface area (Å²) in [6.45, 7) is 1.74. The number of rotatable bonds is 6. The van der Waals surface area contributed by atoms with Crippen molar-refractivity contribution < 1.29 is 18.7 Å². The Balaban J connectivity index is 1.56. The van der Waals surface area contributed by atoms with Gasteiger partial charge in [-0.05, 0) is 37.0 Å². The topological polar surface area (TPSA) is 97.6 Å². The summed E-state index contributed by atoms with van der Waals surface area (Å²) in [5.74, 6) is -0.137. The highest BCUT2D eigenvalue weighted by atomic mass is 16.5. The number of ether oxygens (including phenoxy) is 1. The number of nitrogens with one attached hydrogen (secondary N) is 2. The molecule has 1 fully saturated rings. The summed E-state index contributed by atoms with van der Waals surface area (Å²) >= 11 is 0. The summed E-state index contributed by atoms with van der Waals surface area (Å²) in [7, 11) is 0. The summed E-state index contributed by atoms with van der Waals surface area (Å²) in [6, 6.07) is 6.26. The highest BCUT2D eigenvalue weighted by Crippen LogP contribution is 2.23. The number of carbonyl (C=O) groups is 2. The van der Waals surface area contributed by atoms with E-state index in [0.29, 0.717) is 11.3 Å². The Labute approximate surface area is 163 Å². The first-order valence-corrected chi connectivity index (χ1v) is 9.85. The van der Waals surface area contributed by atoms with Crippen LogP contribution in [0.25, 0.3) is 11.0 Å². The van der Waals surface area contributed by atoms with Crippen LogP contribution >= 0.6 is 0 Å². The number of imide groups is 1. The number of carbonyl (C=O) groups excluding carboxylic acids is 2. The average Bonchev–Trinajstić information content (AvgIpc) is 2.67. The van der Waals surface area contributed by atoms with Crippen LogP contribution in [0.5, 0.6) is 5.75 Å². The molecule has 0 atom stereocenters. The van der Waals surface area contributed by atoms with Gasteiger partial charge >= 0.3 is 11.7 Å². The molecule has 2 N–H and O–H groups in total. The molecular formula is C21H26N2O5. The molecule has 0 unspecified atom stereocenters. The first-order chi connectivity index (χ1) is 13.5. The fourth-order valence-electron chi connectivity index (χ4n) is 3.56. The smallest absolute Gasteiger partial charge is 0.336 e. The molecule has 7 nitrogen and oxygen atoms in total. The summed E-state index contributed by atoms with van der Waals surface area (Å²) in [5, 5.41) is 5.95. The fraction of sp³-hybridized carbons (Fsp3) is 0.476. The quantitative estimate of drug-likeness (QED) is 0.743. The van der Waals surface area contributed by atoms with E-state index >= 15 is 0 Å². The number of hydrogen-bond donors (Lipinski definition) is 2. The van der Waals surface area contributed by atoms with Crippen molar-refractivity contribution in [2.24, 2.45) is 0 Å². The molecule has 0 radical (unpaired) electrons. The highest BCUT2D eigenvalue weighted by molar-refractivity contribution is 5.95. The zero-order valence-electron chi connectivity index (χ0n) is 16.1. The van der Waals surface area contributed by atoms with Gasteiger partial charge in [-0.15, -0.1) is 0 Å². The third-order valence-electron chi connectivity index (χ3n) is 4.88. The molecule has 1 aliphatic rings. The lowest BCUT2D eigenvalue weighted by Gasteiger charge is -2.22. The molecular weight excluding hydrogens is 360 g/mol. The highest BCUT2D eigenvalue weighted by Gasteiger charge is 2.17. The van der Waals surface area contributed by atoms with Crippen molar-refractivity contribution in [2.75, 3.05) is 6.61 Å². The zero-order valence-corrected chi connectivity index (χ0v) is 16.1. The van der Waals surface area contributed by atoms with Gasteiger partial charge in [-0.25, -0.2) is 9.59 Å². The van der Waals surface area contributed by atoms with Crippen LogP contribution in [-0.2, 0) is 11.2 Å². The molecule has 3 amide bonds. The molecule has 28 heavy (non-hydrogen) atoms. The van der Waals surface area contributed by atoms with Gasteiger partial charge < -0.3 is 14.5 Å². The maximum atomic E-state index is 12.0. The van der Waals surface area contributed by atoms with Gasteiger partial charge in [-0.3, -0.25) is 10.1 Å². The maximum absolute atomic E-state index is 12.0. The van der Waals surface area contributed by atoms with Gasteiger partial charge in [0.2, 0.25) is 0 Å². The number of fused-ring (bicyclic) bond motifs is 1. The first kappa shape index (κ1) is 19.9. The van der Waals surface area contributed by atoms with Crippen molar-refractivity contribution in [3.8, 4) is 5.75 Å². The standard InChI is InChI=1S/C21H26N2O5/c1-2-6-14-11-20(25)28-18-12-16(9-10-17(14)18)27-13-19(24)23-21(26)22-15-7-4-3-5-8-15/h9-12,15H,2-8,13H2,1H3,(H2,22,23,24,26). The van der Waals surface area contributed by atoms with E-state index in [2.05, 4.69) is 10.6 Å². The molecule has 1 aliphatic carbocycles. The Bertz CT molecular complexity index is 899. The Morgan fingerprint density at radius 1 is 1.18 bits per heavy atom. The second kappa shape index (κ2) is 9.39. The SMILES string of the molecule is CCCc1cc(=O)oc2cc(OCC(=O)NC(=O)NC3CCCCC3)ccc12. The maximum Gasteiger partial charge on any atom is 0.336 e. The second-order valence-electron chi connectivity index (χ2n) is 7.14. The molecule has 1 aromatic heterocycles. The van der Waals surface area contributed by atoms with Crippen molar-refractivity contribution >= 4 is 22.9 Å². The van der Waals surface area contributed by atoms with Gasteiger partial charge in [-0.1, -0.05) is 32.6 Å². The van der Waals surface area contributed by atoms with E-state index in [1.165, 1.54) is 12.5 Å². The summed E-state index contributed by atoms with van der Waals surface area (Å²) in [5.41, 5.74) is 0.937. The molecule has 1 aromatic carbocycles. The van der Waals surface area contributed by atoms with Gasteiger partial charge in [0.25, 0.3) is 5.91 Å². The minimum atomic E-state index is -0.533. The van der Waals surface area contributed by atoms with Crippen LogP contribution in [0, 0.1) is 0 Å². The molecule has 7 heteroatoms. The van der Waals surface area contributed by atoms with E-state index < -0.39 is 17.6 Å². The predicted molar refractivity (Wildman–Crippen MR) is 106 cm³/mol. The third-order valence-corrected chi connectivity index (χ3v) is 4.88. The van der Waals surface area contributed by atoms with Crippen LogP contribution in [-0.4, -0.2) is 24.6 Å². The number of urea groups is 1. The van der Waals surface area contributed by atoms with Crippen molar-refractivity contribution in [3.05, 3.63) is 40.2 Å². The van der Waals surface area contributed by atoms with E-state index in [4.69, 9.17) is 9.15 Å². The lowest BCUT2D eigenvalue weighted by molar-refractivity contribution is -0.122. The number of aryl methyl sites for hydroxylation is 1. The molecule has 1 heterocycles. The van der Waals surface area contributed by atoms with Crippen LogP contribution in [0.1, 0.15) is 51.0 Å². The number of hydrogen-bond acceptors (Lipinski definition) is 5. The van der Waals surface area contributed by atoms with E-state index in [-0.39, 0.29) is 12.6 Å². The lowest BCUT2D eigenvalue weighted by Crippen LogP contribution is -2.46. The van der Waals surface area contributed by atoms with E-state index in [0.717, 1.165) is 49.5 Å². The molecule has 0 saturated heterocycles. The Morgan fingerprint density at radius 3 is 2.71 bits per heavy atom. The fourth-order valence-corrected chi connectivity index (χ4v) is 3.56. The average molecular weight is 386 g/mol. The monoisotopic (exact) mass is 386 g/mol. The summed E-state index contributed by atoms with van der Waals surface area (Å²) < 4.78 is 10.7. The van der Waals surface area contributed by atoms with Gasteiger partial charge in [-0.2, -0.15) is 0 Å². The van der Waals surface area contributed by atoms with Gasteiger partial charge in [0.15, 0.2) is 6.61 Å². The van der Waals surface area contributed by atoms with Crippen molar-refractivity contribution in [3.63, 3.8) is 0 Å². The first-order valence-electron chi connectivity index (χ1n) is 9.85. The summed E-state index contributed by atoms with van der Waals surface area (Å²) in [4.78, 5) is 35.6. The van der Waals surface area contributed by atoms with Crippen LogP contribution in [0.4, 0.5) is 4.79 Å². The van der Waals surface area contributed by atoms with Crippen LogP contribution < -0.4 is 21.0 Å². The molecule has 1 saturated carbocycles. The predicted octanol–water partition coefficient (Wildman–Crippen LogP) is 3.28. The Kier molecular flexibility index (Phi) is 6.68. The molecule has 0 aliphatic heterocycles. The second-order valence-corrected chi connectivity index (χ2v) is 7.14. The Morgan fingerprint density at radius 2 is 1.96 bits per heavy atom. The lowest BCUT2D eigenvalue weighted by atomic mass is 9.96. The van der Waals surface area contributed by atoms with E-state index in [1.807, 2.05) is 13.0 Å². The number of amides is 3. The molecule has 2 aromatic rings. The van der Waals surface area contributed by atoms with Crippen LogP contribution in [0.3, 0.4) is 0 Å². The van der Waals surface area contributed by atoms with E-state index in [1.54, 1.807) is 12.1 Å².